The molecule has 2 aromatic rings. The van der Waals surface area contributed by atoms with E-state index in [1.54, 1.807) is 30.4 Å². The number of hydrogen-bond donors (Lipinski definition) is 1. The van der Waals surface area contributed by atoms with Gasteiger partial charge >= 0.3 is 0 Å². The van der Waals surface area contributed by atoms with Crippen LogP contribution in [0.25, 0.3) is 10.4 Å². The number of nitrogens with zero attached hydrogens (tertiary/aromatic N) is 2. The standard InChI is InChI=1S/C20H28N2O3S2/c1-17(16-23)22(14-13-21-11-3-2-4-12-21)27(24,25)19-9-7-18(8-10-19)20-6-5-15-26-20/h5-10,15,17,23H,2-4,11-14,16H2,1H3/t17-/m1/s1. The lowest BCUT2D eigenvalue weighted by molar-refractivity contribution is 0.168. The van der Waals surface area contributed by atoms with Crippen LogP contribution in [0.15, 0.2) is 46.7 Å². The van der Waals surface area contributed by atoms with Crippen molar-refractivity contribution in [2.24, 2.45) is 0 Å². The van der Waals surface area contributed by atoms with Crippen LogP contribution >= 0.6 is 11.3 Å². The topological polar surface area (TPSA) is 60.9 Å². The first-order valence-electron chi connectivity index (χ1n) is 9.51. The number of thiophene rings is 1. The summed E-state index contributed by atoms with van der Waals surface area (Å²) in [4.78, 5) is 3.71. The van der Waals surface area contributed by atoms with Crippen molar-refractivity contribution in [3.8, 4) is 10.4 Å². The lowest BCUT2D eigenvalue weighted by atomic mass is 10.1. The van der Waals surface area contributed by atoms with E-state index in [0.717, 1.165) is 23.5 Å². The van der Waals surface area contributed by atoms with E-state index in [2.05, 4.69) is 4.90 Å². The van der Waals surface area contributed by atoms with E-state index in [-0.39, 0.29) is 11.5 Å². The summed E-state index contributed by atoms with van der Waals surface area (Å²) in [6.45, 7) is 4.72. The fraction of sp³-hybridized carbons (Fsp3) is 0.500. The number of hydrogen-bond acceptors (Lipinski definition) is 5. The number of piperidine rings is 1. The van der Waals surface area contributed by atoms with Crippen molar-refractivity contribution in [2.45, 2.75) is 37.1 Å². The summed E-state index contributed by atoms with van der Waals surface area (Å²) in [7, 11) is -3.65. The van der Waals surface area contributed by atoms with Crippen molar-refractivity contribution >= 4 is 21.4 Å². The molecule has 1 atom stereocenters. The zero-order chi connectivity index (χ0) is 19.3. The molecule has 0 amide bonds. The van der Waals surface area contributed by atoms with Crippen LogP contribution < -0.4 is 0 Å². The molecule has 1 aliphatic heterocycles. The van der Waals surface area contributed by atoms with Gasteiger partial charge in [0.1, 0.15) is 0 Å². The molecule has 148 valence electrons. The Morgan fingerprint density at radius 1 is 1.15 bits per heavy atom. The van der Waals surface area contributed by atoms with E-state index in [9.17, 15) is 13.5 Å². The molecule has 1 N–H and O–H groups in total. The minimum atomic E-state index is -3.65. The normalized spacial score (nSPS) is 17.3. The highest BCUT2D eigenvalue weighted by Gasteiger charge is 2.29. The zero-order valence-corrected chi connectivity index (χ0v) is 17.4. The molecular formula is C20H28N2O3S2. The number of aliphatic hydroxyl groups is 1. The third-order valence-electron chi connectivity index (χ3n) is 5.11. The first kappa shape index (κ1) is 20.5. The van der Waals surface area contributed by atoms with Crippen LogP contribution in [0.4, 0.5) is 0 Å². The first-order valence-corrected chi connectivity index (χ1v) is 11.8. The molecule has 1 saturated heterocycles. The van der Waals surface area contributed by atoms with E-state index in [1.807, 2.05) is 29.6 Å². The third-order valence-corrected chi connectivity index (χ3v) is 8.05. The smallest absolute Gasteiger partial charge is 0.243 e. The number of likely N-dealkylation sites (tertiary alicyclic amines) is 1. The summed E-state index contributed by atoms with van der Waals surface area (Å²) in [6.07, 6.45) is 3.60. The van der Waals surface area contributed by atoms with Crippen LogP contribution in [-0.4, -0.2) is 61.6 Å². The Hall–Kier alpha value is -1.25. The number of sulfonamides is 1. The Kier molecular flexibility index (Phi) is 7.05. The molecule has 7 heteroatoms. The van der Waals surface area contributed by atoms with Crippen LogP contribution in [-0.2, 0) is 10.0 Å². The summed E-state index contributed by atoms with van der Waals surface area (Å²) < 4.78 is 27.9. The molecule has 2 heterocycles. The van der Waals surface area contributed by atoms with Gasteiger partial charge in [0, 0.05) is 24.0 Å². The Balaban J connectivity index is 1.77. The predicted octanol–water partition coefficient (Wildman–Crippen LogP) is 3.27. The van der Waals surface area contributed by atoms with Crippen molar-refractivity contribution in [1.29, 1.82) is 0 Å². The molecule has 0 bridgehead atoms. The zero-order valence-electron chi connectivity index (χ0n) is 15.8. The summed E-state index contributed by atoms with van der Waals surface area (Å²) >= 11 is 1.63. The minimum Gasteiger partial charge on any atom is -0.395 e. The molecule has 5 nitrogen and oxygen atoms in total. The molecular weight excluding hydrogens is 380 g/mol. The van der Waals surface area contributed by atoms with Gasteiger partial charge in [-0.1, -0.05) is 24.6 Å². The van der Waals surface area contributed by atoms with Gasteiger partial charge < -0.3 is 10.0 Å². The van der Waals surface area contributed by atoms with E-state index >= 15 is 0 Å². The number of benzene rings is 1. The van der Waals surface area contributed by atoms with Gasteiger partial charge in [0.2, 0.25) is 10.0 Å². The number of rotatable bonds is 8. The summed E-state index contributed by atoms with van der Waals surface area (Å²) in [5.74, 6) is 0. The van der Waals surface area contributed by atoms with Crippen LogP contribution in [0, 0.1) is 0 Å². The molecule has 0 aliphatic carbocycles. The Labute approximate surface area is 166 Å². The molecule has 0 unspecified atom stereocenters. The highest BCUT2D eigenvalue weighted by Crippen LogP contribution is 2.27. The van der Waals surface area contributed by atoms with Gasteiger partial charge in [-0.25, -0.2) is 8.42 Å². The van der Waals surface area contributed by atoms with Crippen LogP contribution in [0.1, 0.15) is 26.2 Å². The van der Waals surface area contributed by atoms with Crippen molar-refractivity contribution in [3.05, 3.63) is 41.8 Å². The Morgan fingerprint density at radius 2 is 1.85 bits per heavy atom. The highest BCUT2D eigenvalue weighted by atomic mass is 32.2. The van der Waals surface area contributed by atoms with Crippen molar-refractivity contribution in [3.63, 3.8) is 0 Å². The van der Waals surface area contributed by atoms with Crippen molar-refractivity contribution < 1.29 is 13.5 Å². The molecule has 0 radical (unpaired) electrons. The maximum Gasteiger partial charge on any atom is 0.243 e. The lowest BCUT2D eigenvalue weighted by Crippen LogP contribution is -2.45. The van der Waals surface area contributed by atoms with E-state index in [4.69, 9.17) is 0 Å². The number of aliphatic hydroxyl groups excluding tert-OH is 1. The molecule has 1 fully saturated rings. The predicted molar refractivity (Wildman–Crippen MR) is 110 cm³/mol. The lowest BCUT2D eigenvalue weighted by Gasteiger charge is -2.32. The summed E-state index contributed by atoms with van der Waals surface area (Å²) in [6, 6.07) is 10.6. The van der Waals surface area contributed by atoms with E-state index in [0.29, 0.717) is 13.1 Å². The monoisotopic (exact) mass is 408 g/mol. The van der Waals surface area contributed by atoms with Crippen molar-refractivity contribution in [1.82, 2.24) is 9.21 Å². The van der Waals surface area contributed by atoms with Crippen LogP contribution in [0.2, 0.25) is 0 Å². The summed E-state index contributed by atoms with van der Waals surface area (Å²) in [5.41, 5.74) is 1.01. The average Bonchev–Trinajstić information content (AvgIpc) is 3.23. The first-order chi connectivity index (χ1) is 13.0. The van der Waals surface area contributed by atoms with Gasteiger partial charge in [-0.2, -0.15) is 4.31 Å². The minimum absolute atomic E-state index is 0.188. The van der Waals surface area contributed by atoms with Gasteiger partial charge in [-0.15, -0.1) is 11.3 Å². The van der Waals surface area contributed by atoms with Gasteiger partial charge in [0.15, 0.2) is 0 Å². The van der Waals surface area contributed by atoms with Gasteiger partial charge in [0.25, 0.3) is 0 Å². The molecule has 1 aromatic heterocycles. The second-order valence-electron chi connectivity index (χ2n) is 7.05. The maximum absolute atomic E-state index is 13.2. The average molecular weight is 409 g/mol. The van der Waals surface area contributed by atoms with Gasteiger partial charge in [-0.05, 0) is 62.0 Å². The molecule has 27 heavy (non-hydrogen) atoms. The second-order valence-corrected chi connectivity index (χ2v) is 9.89. The van der Waals surface area contributed by atoms with E-state index in [1.165, 1.54) is 23.6 Å². The van der Waals surface area contributed by atoms with Crippen LogP contribution in [0.5, 0.6) is 0 Å². The maximum atomic E-state index is 13.2. The second kappa shape index (κ2) is 9.30. The largest absolute Gasteiger partial charge is 0.395 e. The molecule has 1 aliphatic rings. The van der Waals surface area contributed by atoms with Gasteiger partial charge in [0.05, 0.1) is 11.5 Å². The Morgan fingerprint density at radius 3 is 2.44 bits per heavy atom. The van der Waals surface area contributed by atoms with Crippen LogP contribution in [0.3, 0.4) is 0 Å². The van der Waals surface area contributed by atoms with E-state index < -0.39 is 16.1 Å². The molecule has 0 saturated carbocycles. The molecule has 3 rings (SSSR count). The van der Waals surface area contributed by atoms with Crippen molar-refractivity contribution in [2.75, 3.05) is 32.8 Å². The fourth-order valence-electron chi connectivity index (χ4n) is 3.46. The Bertz CT molecular complexity index is 798. The quantitative estimate of drug-likeness (QED) is 0.728. The molecule has 0 spiro atoms. The summed E-state index contributed by atoms with van der Waals surface area (Å²) in [5, 5.41) is 11.6. The third kappa shape index (κ3) is 4.97. The fourth-order valence-corrected chi connectivity index (χ4v) is 5.81. The highest BCUT2D eigenvalue weighted by molar-refractivity contribution is 7.89. The SMILES string of the molecule is C[C@H](CO)N(CCN1CCCCC1)S(=O)(=O)c1ccc(-c2cccs2)cc1. The van der Waals surface area contributed by atoms with Gasteiger partial charge in [-0.3, -0.25) is 0 Å². The molecule has 1 aromatic carbocycles.